The molecule has 5 nitrogen and oxygen atoms in total. The van der Waals surface area contributed by atoms with Crippen molar-refractivity contribution in [1.29, 1.82) is 0 Å². The van der Waals surface area contributed by atoms with Crippen molar-refractivity contribution >= 4 is 11.7 Å². The summed E-state index contributed by atoms with van der Waals surface area (Å²) in [5, 5.41) is 0. The van der Waals surface area contributed by atoms with Gasteiger partial charge in [-0.1, -0.05) is 19.1 Å². The van der Waals surface area contributed by atoms with Gasteiger partial charge in [-0.2, -0.15) is 0 Å². The van der Waals surface area contributed by atoms with Gasteiger partial charge < -0.3 is 14.7 Å². The highest BCUT2D eigenvalue weighted by Crippen LogP contribution is 2.28. The minimum atomic E-state index is -2.90. The van der Waals surface area contributed by atoms with E-state index in [1.54, 1.807) is 12.3 Å². The quantitative estimate of drug-likeness (QED) is 0.540. The molecule has 0 N–H and O–H groups in total. The van der Waals surface area contributed by atoms with E-state index in [0.29, 0.717) is 5.82 Å². The van der Waals surface area contributed by atoms with Crippen LogP contribution in [0.5, 0.6) is 0 Å². The van der Waals surface area contributed by atoms with E-state index >= 15 is 0 Å². The lowest BCUT2D eigenvalue weighted by Gasteiger charge is -2.37. The third-order valence-electron chi connectivity index (χ3n) is 4.74. The summed E-state index contributed by atoms with van der Waals surface area (Å²) >= 11 is 0. The summed E-state index contributed by atoms with van der Waals surface area (Å²) in [6, 6.07) is 3.06. The summed E-state index contributed by atoms with van der Waals surface area (Å²) in [7, 11) is 4.01. The molecule has 2 heterocycles. The first-order valence-corrected chi connectivity index (χ1v) is 9.69. The lowest BCUT2D eigenvalue weighted by molar-refractivity contribution is 0.0171. The van der Waals surface area contributed by atoms with E-state index in [1.807, 2.05) is 24.9 Å². The highest BCUT2D eigenvalue weighted by Gasteiger charge is 2.26. The third-order valence-corrected chi connectivity index (χ3v) is 4.74. The topological polar surface area (TPSA) is 35.0 Å². The Morgan fingerprint density at radius 3 is 2.46 bits per heavy atom. The van der Waals surface area contributed by atoms with Crippen LogP contribution in [0.25, 0.3) is 0 Å². The van der Waals surface area contributed by atoms with Gasteiger partial charge in [0.25, 0.3) is 5.92 Å². The summed E-state index contributed by atoms with van der Waals surface area (Å²) in [4.78, 5) is 15.5. The number of rotatable bonds is 6. The van der Waals surface area contributed by atoms with E-state index in [-0.39, 0.29) is 5.56 Å². The van der Waals surface area contributed by atoms with Gasteiger partial charge in [0.2, 0.25) is 0 Å². The number of amidine groups is 1. The molecule has 1 aromatic heterocycles. The monoisotopic (exact) mass is 391 g/mol. The Balaban J connectivity index is 2.36. The van der Waals surface area contributed by atoms with E-state index in [4.69, 9.17) is 4.99 Å². The van der Waals surface area contributed by atoms with Crippen LogP contribution in [0.4, 0.5) is 14.6 Å². The van der Waals surface area contributed by atoms with Gasteiger partial charge in [-0.05, 0) is 32.5 Å². The predicted molar refractivity (Wildman–Crippen MR) is 112 cm³/mol. The number of allylic oxidation sites excluding steroid dienone is 2. The Labute approximate surface area is 167 Å². The third kappa shape index (κ3) is 5.61. The van der Waals surface area contributed by atoms with Gasteiger partial charge in [0, 0.05) is 58.1 Å². The first kappa shape index (κ1) is 22.0. The molecule has 0 atom stereocenters. The van der Waals surface area contributed by atoms with Crippen LogP contribution in [0, 0.1) is 0 Å². The number of aromatic nitrogens is 1. The Kier molecular flexibility index (Phi) is 7.69. The molecule has 0 aliphatic carbocycles. The first-order chi connectivity index (χ1) is 13.3. The smallest absolute Gasteiger partial charge is 0.272 e. The molecule has 0 saturated carbocycles. The number of pyridine rings is 1. The molecule has 1 fully saturated rings. The Bertz CT molecular complexity index is 711. The van der Waals surface area contributed by atoms with Crippen molar-refractivity contribution < 1.29 is 8.78 Å². The zero-order valence-corrected chi connectivity index (χ0v) is 17.5. The predicted octanol–water partition coefficient (Wildman–Crippen LogP) is 4.10. The molecule has 0 amide bonds. The van der Waals surface area contributed by atoms with Crippen molar-refractivity contribution in [2.75, 3.05) is 45.2 Å². The summed E-state index contributed by atoms with van der Waals surface area (Å²) in [5.41, 5.74) is 0.834. The Hall–Kier alpha value is -2.28. The van der Waals surface area contributed by atoms with Crippen LogP contribution >= 0.6 is 0 Å². The minimum Gasteiger partial charge on any atom is -0.352 e. The van der Waals surface area contributed by atoms with Crippen LogP contribution in [0.3, 0.4) is 0 Å². The molecule has 0 radical (unpaired) electrons. The van der Waals surface area contributed by atoms with Crippen LogP contribution in [0.2, 0.25) is 0 Å². The normalized spacial score (nSPS) is 17.5. The van der Waals surface area contributed by atoms with E-state index in [1.165, 1.54) is 12.3 Å². The number of anilines is 1. The molecule has 1 aliphatic rings. The standard InChI is InChI=1S/C21H31F2N5/c1-6-8-18(20(24-11-7-2)28-14-12-26(4)13-15-28)27(5)19-10-9-17(16-25-19)21(3,22)23/h7-11,16H,6,12-15H2,1-5H3/b11-7-,18-8-,24-20+. The zero-order valence-electron chi connectivity index (χ0n) is 17.5. The summed E-state index contributed by atoms with van der Waals surface area (Å²) < 4.78 is 27.0. The highest BCUT2D eigenvalue weighted by atomic mass is 19.3. The molecule has 154 valence electrons. The van der Waals surface area contributed by atoms with Gasteiger partial charge in [-0.3, -0.25) is 0 Å². The number of hydrogen-bond acceptors (Lipinski definition) is 4. The SMILES string of the molecule is C\C=C/N=C(\C(=C\CC)N(C)c1ccc(C(C)(F)F)cn1)N1CCN(C)CC1. The second-order valence-electron chi connectivity index (χ2n) is 7.08. The van der Waals surface area contributed by atoms with E-state index in [9.17, 15) is 8.78 Å². The molecule has 2 rings (SSSR count). The van der Waals surface area contributed by atoms with Crippen LogP contribution in [0.15, 0.2) is 47.4 Å². The molecule has 1 saturated heterocycles. The zero-order chi connectivity index (χ0) is 20.7. The molecule has 28 heavy (non-hydrogen) atoms. The number of halogens is 2. The largest absolute Gasteiger partial charge is 0.352 e. The van der Waals surface area contributed by atoms with Crippen LogP contribution < -0.4 is 4.90 Å². The van der Waals surface area contributed by atoms with Crippen LogP contribution in [0.1, 0.15) is 32.8 Å². The first-order valence-electron chi connectivity index (χ1n) is 9.69. The molecule has 7 heteroatoms. The molecule has 0 unspecified atom stereocenters. The van der Waals surface area contributed by atoms with Gasteiger partial charge in [-0.25, -0.2) is 18.8 Å². The second-order valence-corrected chi connectivity index (χ2v) is 7.08. The van der Waals surface area contributed by atoms with Crippen LogP contribution in [-0.2, 0) is 5.92 Å². The lowest BCUT2D eigenvalue weighted by atomic mass is 10.1. The number of alkyl halides is 2. The molecule has 1 aromatic rings. The molecular formula is C21H31F2N5. The average Bonchev–Trinajstić information content (AvgIpc) is 2.67. The van der Waals surface area contributed by atoms with Crippen molar-refractivity contribution in [2.24, 2.45) is 4.99 Å². The Morgan fingerprint density at radius 2 is 1.96 bits per heavy atom. The minimum absolute atomic E-state index is 0.0902. The lowest BCUT2D eigenvalue weighted by Crippen LogP contribution is -2.49. The maximum atomic E-state index is 13.5. The number of likely N-dealkylation sites (N-methyl/N-ethyl adjacent to an activating group) is 2. The Morgan fingerprint density at radius 1 is 1.29 bits per heavy atom. The summed E-state index contributed by atoms with van der Waals surface area (Å²) in [6.07, 6.45) is 7.86. The van der Waals surface area contributed by atoms with Gasteiger partial charge in [0.05, 0.1) is 5.70 Å². The fourth-order valence-corrected chi connectivity index (χ4v) is 3.01. The van der Waals surface area contributed by atoms with Crippen molar-refractivity contribution in [1.82, 2.24) is 14.8 Å². The second kappa shape index (κ2) is 9.78. The van der Waals surface area contributed by atoms with Gasteiger partial charge >= 0.3 is 0 Å². The number of nitrogens with zero attached hydrogens (tertiary/aromatic N) is 5. The fourth-order valence-electron chi connectivity index (χ4n) is 3.01. The molecule has 1 aliphatic heterocycles. The average molecular weight is 392 g/mol. The summed E-state index contributed by atoms with van der Waals surface area (Å²) in [6.45, 7) is 8.59. The van der Waals surface area contributed by atoms with Crippen molar-refractivity contribution in [2.45, 2.75) is 33.1 Å². The maximum absolute atomic E-state index is 13.5. The van der Waals surface area contributed by atoms with E-state index < -0.39 is 5.92 Å². The van der Waals surface area contributed by atoms with Gasteiger partial charge in [-0.15, -0.1) is 0 Å². The molecule has 0 spiro atoms. The van der Waals surface area contributed by atoms with Gasteiger partial charge in [0.15, 0.2) is 5.84 Å². The number of aliphatic imine (C=N–C) groups is 1. The molecular weight excluding hydrogens is 360 g/mol. The van der Waals surface area contributed by atoms with Crippen molar-refractivity contribution in [3.8, 4) is 0 Å². The van der Waals surface area contributed by atoms with Crippen LogP contribution in [-0.4, -0.2) is 60.9 Å². The number of hydrogen-bond donors (Lipinski definition) is 0. The number of piperazine rings is 1. The van der Waals surface area contributed by atoms with Crippen molar-refractivity contribution in [3.63, 3.8) is 0 Å². The van der Waals surface area contributed by atoms with E-state index in [2.05, 4.69) is 34.8 Å². The maximum Gasteiger partial charge on any atom is 0.272 e. The van der Waals surface area contributed by atoms with Gasteiger partial charge in [0.1, 0.15) is 5.82 Å². The molecule has 0 bridgehead atoms. The fraction of sp³-hybridized carbons (Fsp3) is 0.524. The van der Waals surface area contributed by atoms with E-state index in [0.717, 1.165) is 51.1 Å². The highest BCUT2D eigenvalue weighted by molar-refractivity contribution is 6.01. The molecule has 0 aromatic carbocycles. The summed E-state index contributed by atoms with van der Waals surface area (Å²) in [5.74, 6) is -1.41. The van der Waals surface area contributed by atoms with Crippen molar-refractivity contribution in [3.05, 3.63) is 47.9 Å².